The zero-order chi connectivity index (χ0) is 16.8. The summed E-state index contributed by atoms with van der Waals surface area (Å²) in [5.74, 6) is 0.505. The van der Waals surface area contributed by atoms with E-state index in [1.807, 2.05) is 35.2 Å². The molecule has 1 fully saturated rings. The fraction of sp³-hybridized carbons (Fsp3) is 0.350. The topological polar surface area (TPSA) is 49.8 Å². The van der Waals surface area contributed by atoms with E-state index in [0.717, 1.165) is 31.7 Å². The number of carboxylic acid groups (broad SMARTS) is 1. The second-order valence-electron chi connectivity index (χ2n) is 6.34. The molecular formula is C20H23NO3. The first-order valence-corrected chi connectivity index (χ1v) is 8.43. The molecule has 4 heteroatoms. The molecule has 1 aliphatic rings. The number of hydrogen-bond acceptors (Lipinski definition) is 3. The maximum Gasteiger partial charge on any atom is 0.317 e. The molecule has 2 aromatic carbocycles. The summed E-state index contributed by atoms with van der Waals surface area (Å²) in [6.45, 7) is 2.44. The first kappa shape index (κ1) is 16.5. The Balaban J connectivity index is 1.52. The van der Waals surface area contributed by atoms with Gasteiger partial charge in [0.05, 0.1) is 13.2 Å². The summed E-state index contributed by atoms with van der Waals surface area (Å²) in [5.41, 5.74) is 2.37. The maximum atomic E-state index is 10.8. The lowest BCUT2D eigenvalue weighted by molar-refractivity contribution is -0.138. The molecular weight excluding hydrogens is 302 g/mol. The van der Waals surface area contributed by atoms with Gasteiger partial charge in [-0.05, 0) is 42.6 Å². The summed E-state index contributed by atoms with van der Waals surface area (Å²) >= 11 is 0. The molecule has 0 aliphatic carbocycles. The molecule has 2 aromatic rings. The van der Waals surface area contributed by atoms with E-state index in [0.29, 0.717) is 12.5 Å². The third-order valence-electron chi connectivity index (χ3n) is 4.41. The highest BCUT2D eigenvalue weighted by Crippen LogP contribution is 2.23. The van der Waals surface area contributed by atoms with E-state index in [9.17, 15) is 4.79 Å². The summed E-state index contributed by atoms with van der Waals surface area (Å²) < 4.78 is 5.92. The van der Waals surface area contributed by atoms with Gasteiger partial charge in [-0.1, -0.05) is 42.5 Å². The van der Waals surface area contributed by atoms with E-state index in [4.69, 9.17) is 9.84 Å². The van der Waals surface area contributed by atoms with Crippen LogP contribution in [-0.4, -0.2) is 42.2 Å². The molecule has 3 rings (SSSR count). The molecule has 0 radical (unpaired) electrons. The molecule has 126 valence electrons. The Morgan fingerprint density at radius 2 is 1.79 bits per heavy atom. The van der Waals surface area contributed by atoms with E-state index in [1.54, 1.807) is 0 Å². The zero-order valence-electron chi connectivity index (χ0n) is 13.7. The third-order valence-corrected chi connectivity index (χ3v) is 4.41. The number of benzene rings is 2. The number of hydrogen-bond donors (Lipinski definition) is 1. The van der Waals surface area contributed by atoms with Crippen molar-refractivity contribution in [3.8, 4) is 16.9 Å². The number of nitrogens with zero attached hydrogens (tertiary/aromatic N) is 1. The van der Waals surface area contributed by atoms with Crippen molar-refractivity contribution >= 4 is 5.97 Å². The minimum atomic E-state index is -0.756. The average molecular weight is 325 g/mol. The van der Waals surface area contributed by atoms with Gasteiger partial charge in [0.25, 0.3) is 0 Å². The van der Waals surface area contributed by atoms with Gasteiger partial charge in [0.15, 0.2) is 0 Å². The van der Waals surface area contributed by atoms with Crippen LogP contribution in [0.1, 0.15) is 12.8 Å². The van der Waals surface area contributed by atoms with Gasteiger partial charge >= 0.3 is 5.97 Å². The van der Waals surface area contributed by atoms with Crippen molar-refractivity contribution < 1.29 is 14.6 Å². The second-order valence-corrected chi connectivity index (χ2v) is 6.34. The van der Waals surface area contributed by atoms with E-state index in [1.165, 1.54) is 11.1 Å². The molecule has 0 spiro atoms. The van der Waals surface area contributed by atoms with Crippen LogP contribution in [0.15, 0.2) is 54.6 Å². The van der Waals surface area contributed by atoms with Crippen molar-refractivity contribution in [1.82, 2.24) is 4.90 Å². The standard InChI is InChI=1S/C20H23NO3/c22-20(23)14-21-12-4-5-16(13-21)15-24-19-10-8-18(9-11-19)17-6-2-1-3-7-17/h1-3,6-11,16H,4-5,12-15H2,(H,22,23). The van der Waals surface area contributed by atoms with Gasteiger partial charge in [-0.15, -0.1) is 0 Å². The minimum Gasteiger partial charge on any atom is -0.493 e. The van der Waals surface area contributed by atoms with Gasteiger partial charge in [-0.3, -0.25) is 9.69 Å². The molecule has 1 unspecified atom stereocenters. The van der Waals surface area contributed by atoms with Crippen LogP contribution in [0.5, 0.6) is 5.75 Å². The van der Waals surface area contributed by atoms with Crippen LogP contribution in [0.2, 0.25) is 0 Å². The van der Waals surface area contributed by atoms with Crippen LogP contribution < -0.4 is 4.74 Å². The van der Waals surface area contributed by atoms with E-state index in [2.05, 4.69) is 24.3 Å². The summed E-state index contributed by atoms with van der Waals surface area (Å²) in [4.78, 5) is 12.8. The van der Waals surface area contributed by atoms with Crippen LogP contribution >= 0.6 is 0 Å². The van der Waals surface area contributed by atoms with Crippen molar-refractivity contribution in [3.63, 3.8) is 0 Å². The smallest absolute Gasteiger partial charge is 0.317 e. The van der Waals surface area contributed by atoms with Gasteiger partial charge in [0.1, 0.15) is 5.75 Å². The van der Waals surface area contributed by atoms with Gasteiger partial charge in [0.2, 0.25) is 0 Å². The first-order valence-electron chi connectivity index (χ1n) is 8.43. The lowest BCUT2D eigenvalue weighted by Crippen LogP contribution is -2.40. The molecule has 1 atom stereocenters. The Labute approximate surface area is 142 Å². The summed E-state index contributed by atoms with van der Waals surface area (Å²) in [5, 5.41) is 8.91. The van der Waals surface area contributed by atoms with Crippen molar-refractivity contribution in [2.45, 2.75) is 12.8 Å². The summed E-state index contributed by atoms with van der Waals surface area (Å²) in [6, 6.07) is 18.4. The third kappa shape index (κ3) is 4.59. The van der Waals surface area contributed by atoms with Gasteiger partial charge < -0.3 is 9.84 Å². The van der Waals surface area contributed by atoms with E-state index < -0.39 is 5.97 Å². The Morgan fingerprint density at radius 1 is 1.08 bits per heavy atom. The molecule has 4 nitrogen and oxygen atoms in total. The Morgan fingerprint density at radius 3 is 2.50 bits per heavy atom. The normalized spacial score (nSPS) is 18.2. The molecule has 0 aromatic heterocycles. The highest BCUT2D eigenvalue weighted by atomic mass is 16.5. The first-order chi connectivity index (χ1) is 11.7. The number of ether oxygens (including phenoxy) is 1. The number of likely N-dealkylation sites (tertiary alicyclic amines) is 1. The molecule has 1 saturated heterocycles. The molecule has 1 heterocycles. The number of carbonyl (C=O) groups is 1. The molecule has 0 amide bonds. The molecule has 1 N–H and O–H groups in total. The Bertz CT molecular complexity index is 654. The number of aliphatic carboxylic acids is 1. The van der Waals surface area contributed by atoms with Gasteiger partial charge in [0, 0.05) is 12.5 Å². The predicted molar refractivity (Wildman–Crippen MR) is 94.2 cm³/mol. The fourth-order valence-corrected chi connectivity index (χ4v) is 3.21. The van der Waals surface area contributed by atoms with Crippen molar-refractivity contribution in [2.75, 3.05) is 26.2 Å². The lowest BCUT2D eigenvalue weighted by Gasteiger charge is -2.31. The monoisotopic (exact) mass is 325 g/mol. The highest BCUT2D eigenvalue weighted by molar-refractivity contribution is 5.69. The largest absolute Gasteiger partial charge is 0.493 e. The van der Waals surface area contributed by atoms with Crippen molar-refractivity contribution in [2.24, 2.45) is 5.92 Å². The number of carboxylic acids is 1. The van der Waals surface area contributed by atoms with Crippen LogP contribution in [0, 0.1) is 5.92 Å². The SMILES string of the molecule is O=C(O)CN1CCCC(COc2ccc(-c3ccccc3)cc2)C1. The molecule has 0 bridgehead atoms. The molecule has 0 saturated carbocycles. The number of rotatable bonds is 6. The van der Waals surface area contributed by atoms with Crippen LogP contribution in [0.25, 0.3) is 11.1 Å². The number of piperidine rings is 1. The molecule has 1 aliphatic heterocycles. The Kier molecular flexibility index (Phi) is 5.49. The van der Waals surface area contributed by atoms with Crippen molar-refractivity contribution in [3.05, 3.63) is 54.6 Å². The highest BCUT2D eigenvalue weighted by Gasteiger charge is 2.21. The zero-order valence-corrected chi connectivity index (χ0v) is 13.7. The maximum absolute atomic E-state index is 10.8. The van der Waals surface area contributed by atoms with Crippen molar-refractivity contribution in [1.29, 1.82) is 0 Å². The minimum absolute atomic E-state index is 0.127. The van der Waals surface area contributed by atoms with Gasteiger partial charge in [-0.25, -0.2) is 0 Å². The quantitative estimate of drug-likeness (QED) is 0.883. The van der Waals surface area contributed by atoms with Gasteiger partial charge in [-0.2, -0.15) is 0 Å². The average Bonchev–Trinajstić information content (AvgIpc) is 2.61. The Hall–Kier alpha value is -2.33. The van der Waals surface area contributed by atoms with E-state index >= 15 is 0 Å². The van der Waals surface area contributed by atoms with Crippen LogP contribution in [-0.2, 0) is 4.79 Å². The van der Waals surface area contributed by atoms with E-state index in [-0.39, 0.29) is 6.54 Å². The molecule has 24 heavy (non-hydrogen) atoms. The summed E-state index contributed by atoms with van der Waals surface area (Å²) in [7, 11) is 0. The second kappa shape index (κ2) is 7.97. The van der Waals surface area contributed by atoms with Crippen LogP contribution in [0.3, 0.4) is 0 Å². The predicted octanol–water partition coefficient (Wildman–Crippen LogP) is 3.53. The fourth-order valence-electron chi connectivity index (χ4n) is 3.21. The van der Waals surface area contributed by atoms with Crippen LogP contribution in [0.4, 0.5) is 0 Å². The lowest BCUT2D eigenvalue weighted by atomic mass is 9.99. The summed E-state index contributed by atoms with van der Waals surface area (Å²) in [6.07, 6.45) is 2.13.